The molecule has 2 aromatic carbocycles. The number of benzene rings is 2. The minimum atomic E-state index is -1.04. The van der Waals surface area contributed by atoms with Crippen LogP contribution >= 0.6 is 22.9 Å². The molecule has 3 rings (SSSR count). The molecule has 1 N–H and O–H groups in total. The van der Waals surface area contributed by atoms with E-state index in [-0.39, 0.29) is 5.91 Å². The Morgan fingerprint density at radius 3 is 2.57 bits per heavy atom. The van der Waals surface area contributed by atoms with Gasteiger partial charge in [0.05, 0.1) is 10.2 Å². The standard InChI is InChI=1S/C17H15ClN2O2S/c1-17(2,22-12-9-7-11(18)8-10-12)15(21)20-16-19-13-5-3-4-6-14(13)23-16/h3-10H,1-2H3,(H,19,20,21). The highest BCUT2D eigenvalue weighted by Gasteiger charge is 2.30. The molecule has 0 aliphatic carbocycles. The fraction of sp³-hybridized carbons (Fsp3) is 0.176. The summed E-state index contributed by atoms with van der Waals surface area (Å²) in [5, 5.41) is 4.00. The monoisotopic (exact) mass is 346 g/mol. The summed E-state index contributed by atoms with van der Waals surface area (Å²) in [5.41, 5.74) is -0.171. The first kappa shape index (κ1) is 15.8. The van der Waals surface area contributed by atoms with E-state index in [1.165, 1.54) is 11.3 Å². The number of hydrogen-bond acceptors (Lipinski definition) is 4. The molecular weight excluding hydrogens is 332 g/mol. The third-order valence-corrected chi connectivity index (χ3v) is 4.45. The normalized spacial score (nSPS) is 11.4. The summed E-state index contributed by atoms with van der Waals surface area (Å²) >= 11 is 7.28. The molecule has 0 unspecified atom stereocenters. The van der Waals surface area contributed by atoms with Crippen LogP contribution in [0.4, 0.5) is 5.13 Å². The second kappa shape index (κ2) is 6.18. The summed E-state index contributed by atoms with van der Waals surface area (Å²) < 4.78 is 6.80. The number of ether oxygens (including phenoxy) is 1. The molecule has 0 saturated carbocycles. The van der Waals surface area contributed by atoms with Crippen molar-refractivity contribution in [3.05, 3.63) is 53.6 Å². The van der Waals surface area contributed by atoms with E-state index in [1.54, 1.807) is 38.1 Å². The quantitative estimate of drug-likeness (QED) is 0.742. The number of carbonyl (C=O) groups is 1. The molecule has 0 saturated heterocycles. The predicted molar refractivity (Wildman–Crippen MR) is 94.4 cm³/mol. The minimum absolute atomic E-state index is 0.258. The summed E-state index contributed by atoms with van der Waals surface area (Å²) in [4.78, 5) is 16.9. The zero-order valence-corrected chi connectivity index (χ0v) is 14.2. The van der Waals surface area contributed by atoms with Crippen molar-refractivity contribution in [1.82, 2.24) is 4.98 Å². The Hall–Kier alpha value is -2.11. The van der Waals surface area contributed by atoms with Crippen molar-refractivity contribution in [3.63, 3.8) is 0 Å². The molecule has 1 heterocycles. The molecule has 0 aliphatic rings. The second-order valence-corrected chi connectivity index (χ2v) is 6.97. The van der Waals surface area contributed by atoms with Gasteiger partial charge in [0, 0.05) is 5.02 Å². The van der Waals surface area contributed by atoms with E-state index in [9.17, 15) is 4.79 Å². The van der Waals surface area contributed by atoms with E-state index in [2.05, 4.69) is 10.3 Å². The molecule has 0 bridgehead atoms. The van der Waals surface area contributed by atoms with Gasteiger partial charge in [0.1, 0.15) is 5.75 Å². The third-order valence-electron chi connectivity index (χ3n) is 3.25. The zero-order valence-electron chi connectivity index (χ0n) is 12.7. The molecule has 0 spiro atoms. The van der Waals surface area contributed by atoms with Gasteiger partial charge in [-0.25, -0.2) is 4.98 Å². The van der Waals surface area contributed by atoms with E-state index in [0.29, 0.717) is 15.9 Å². The zero-order chi connectivity index (χ0) is 16.4. The Bertz CT molecular complexity index is 810. The van der Waals surface area contributed by atoms with E-state index in [4.69, 9.17) is 16.3 Å². The lowest BCUT2D eigenvalue weighted by Gasteiger charge is -2.24. The van der Waals surface area contributed by atoms with Crippen LogP contribution in [-0.2, 0) is 4.79 Å². The Labute approximate surface area is 143 Å². The van der Waals surface area contributed by atoms with Gasteiger partial charge in [-0.1, -0.05) is 35.1 Å². The van der Waals surface area contributed by atoms with Crippen LogP contribution in [0.25, 0.3) is 10.2 Å². The first-order chi connectivity index (χ1) is 10.9. The molecule has 0 radical (unpaired) electrons. The Morgan fingerprint density at radius 2 is 1.87 bits per heavy atom. The van der Waals surface area contributed by atoms with Gasteiger partial charge in [-0.3, -0.25) is 10.1 Å². The predicted octanol–water partition coefficient (Wildman–Crippen LogP) is 4.75. The van der Waals surface area contributed by atoms with Gasteiger partial charge in [-0.05, 0) is 50.2 Å². The van der Waals surface area contributed by atoms with Crippen molar-refractivity contribution in [2.75, 3.05) is 5.32 Å². The number of thiazole rings is 1. The molecule has 3 aromatic rings. The number of nitrogens with zero attached hydrogens (tertiary/aromatic N) is 1. The van der Waals surface area contributed by atoms with Crippen molar-refractivity contribution in [1.29, 1.82) is 0 Å². The first-order valence-electron chi connectivity index (χ1n) is 7.06. The van der Waals surface area contributed by atoms with Gasteiger partial charge < -0.3 is 4.74 Å². The highest BCUT2D eigenvalue weighted by Crippen LogP contribution is 2.27. The van der Waals surface area contributed by atoms with Crippen molar-refractivity contribution in [2.45, 2.75) is 19.4 Å². The van der Waals surface area contributed by atoms with Crippen LogP contribution in [0, 0.1) is 0 Å². The van der Waals surface area contributed by atoms with Crippen LogP contribution < -0.4 is 10.1 Å². The summed E-state index contributed by atoms with van der Waals surface area (Å²) in [5.74, 6) is 0.324. The third kappa shape index (κ3) is 3.63. The van der Waals surface area contributed by atoms with E-state index < -0.39 is 5.60 Å². The molecular formula is C17H15ClN2O2S. The van der Waals surface area contributed by atoms with Gasteiger partial charge in [-0.15, -0.1) is 0 Å². The Morgan fingerprint density at radius 1 is 1.17 bits per heavy atom. The number of halogens is 1. The van der Waals surface area contributed by atoms with Gasteiger partial charge >= 0.3 is 0 Å². The van der Waals surface area contributed by atoms with Crippen molar-refractivity contribution in [3.8, 4) is 5.75 Å². The summed E-state index contributed by atoms with van der Waals surface area (Å²) in [6.45, 7) is 3.43. The second-order valence-electron chi connectivity index (χ2n) is 5.51. The van der Waals surface area contributed by atoms with Gasteiger partial charge in [0.2, 0.25) is 0 Å². The van der Waals surface area contributed by atoms with Gasteiger partial charge in [0.15, 0.2) is 10.7 Å². The van der Waals surface area contributed by atoms with Crippen molar-refractivity contribution >= 4 is 44.2 Å². The Kier molecular flexibility index (Phi) is 4.24. The van der Waals surface area contributed by atoms with Crippen LogP contribution in [0.1, 0.15) is 13.8 Å². The van der Waals surface area contributed by atoms with E-state index >= 15 is 0 Å². The van der Waals surface area contributed by atoms with E-state index in [1.807, 2.05) is 24.3 Å². The topological polar surface area (TPSA) is 51.2 Å². The van der Waals surface area contributed by atoms with Crippen LogP contribution in [-0.4, -0.2) is 16.5 Å². The molecule has 1 aromatic heterocycles. The van der Waals surface area contributed by atoms with Crippen LogP contribution in [0.15, 0.2) is 48.5 Å². The number of aromatic nitrogens is 1. The lowest BCUT2D eigenvalue weighted by Crippen LogP contribution is -2.42. The SMILES string of the molecule is CC(C)(Oc1ccc(Cl)cc1)C(=O)Nc1nc2ccccc2s1. The maximum Gasteiger partial charge on any atom is 0.269 e. The molecule has 0 aliphatic heterocycles. The lowest BCUT2D eigenvalue weighted by molar-refractivity contribution is -0.128. The Balaban J connectivity index is 1.74. The maximum absolute atomic E-state index is 12.5. The number of hydrogen-bond donors (Lipinski definition) is 1. The number of anilines is 1. The molecule has 4 nitrogen and oxygen atoms in total. The largest absolute Gasteiger partial charge is 0.478 e. The molecule has 0 atom stereocenters. The number of rotatable bonds is 4. The van der Waals surface area contributed by atoms with Gasteiger partial charge in [0.25, 0.3) is 5.91 Å². The van der Waals surface area contributed by atoms with Crippen molar-refractivity contribution < 1.29 is 9.53 Å². The minimum Gasteiger partial charge on any atom is -0.478 e. The first-order valence-corrected chi connectivity index (χ1v) is 8.25. The molecule has 118 valence electrons. The lowest BCUT2D eigenvalue weighted by atomic mass is 10.1. The molecule has 23 heavy (non-hydrogen) atoms. The smallest absolute Gasteiger partial charge is 0.269 e. The van der Waals surface area contributed by atoms with E-state index in [0.717, 1.165) is 10.2 Å². The highest BCUT2D eigenvalue weighted by molar-refractivity contribution is 7.22. The average Bonchev–Trinajstić information content (AvgIpc) is 2.91. The molecule has 1 amide bonds. The highest BCUT2D eigenvalue weighted by atomic mass is 35.5. The number of carbonyl (C=O) groups excluding carboxylic acids is 1. The number of nitrogens with one attached hydrogen (secondary N) is 1. The number of amides is 1. The van der Waals surface area contributed by atoms with Gasteiger partial charge in [-0.2, -0.15) is 0 Å². The van der Waals surface area contributed by atoms with Crippen molar-refractivity contribution in [2.24, 2.45) is 0 Å². The summed E-state index contributed by atoms with van der Waals surface area (Å²) in [6, 6.07) is 14.6. The average molecular weight is 347 g/mol. The fourth-order valence-corrected chi connectivity index (χ4v) is 3.00. The number of para-hydroxylation sites is 1. The van der Waals surface area contributed by atoms with Crippen LogP contribution in [0.5, 0.6) is 5.75 Å². The molecule has 6 heteroatoms. The molecule has 0 fully saturated rings. The van der Waals surface area contributed by atoms with Crippen LogP contribution in [0.3, 0.4) is 0 Å². The summed E-state index contributed by atoms with van der Waals surface area (Å²) in [6.07, 6.45) is 0. The fourth-order valence-electron chi connectivity index (χ4n) is 2.02. The van der Waals surface area contributed by atoms with Crippen LogP contribution in [0.2, 0.25) is 5.02 Å². The maximum atomic E-state index is 12.5. The number of fused-ring (bicyclic) bond motifs is 1. The summed E-state index contributed by atoms with van der Waals surface area (Å²) in [7, 11) is 0.